The zero-order valence-corrected chi connectivity index (χ0v) is 7.31. The number of benzene rings is 1. The van der Waals surface area contributed by atoms with Crippen LogP contribution in [0.1, 0.15) is 5.56 Å². The molecule has 0 saturated carbocycles. The van der Waals surface area contributed by atoms with Crippen molar-refractivity contribution in [3.63, 3.8) is 0 Å². The minimum atomic E-state index is -0.0694. The molecule has 1 atom stereocenters. The third kappa shape index (κ3) is 3.66. The van der Waals surface area contributed by atoms with Crippen LogP contribution in [-0.4, -0.2) is 12.6 Å². The number of hydrogen-bond donors (Lipinski definition) is 2. The van der Waals surface area contributed by atoms with Crippen LogP contribution in [0.25, 0.3) is 0 Å². The average molecular weight is 179 g/mol. The highest BCUT2D eigenvalue weighted by molar-refractivity contribution is 5.15. The molecule has 4 nitrogen and oxygen atoms in total. The molecule has 0 aliphatic heterocycles. The van der Waals surface area contributed by atoms with E-state index in [-0.39, 0.29) is 6.04 Å². The molecule has 0 radical (unpaired) electrons. The van der Waals surface area contributed by atoms with E-state index in [1.165, 1.54) is 5.56 Å². The fourth-order valence-electron chi connectivity index (χ4n) is 1.14. The summed E-state index contributed by atoms with van der Waals surface area (Å²) in [6.45, 7) is 0.415. The lowest BCUT2D eigenvalue weighted by Crippen LogP contribution is -2.33. The summed E-state index contributed by atoms with van der Waals surface area (Å²) in [4.78, 5) is 9.75. The van der Waals surface area contributed by atoms with Gasteiger partial charge in [-0.3, -0.25) is 5.43 Å². The maximum Gasteiger partial charge on any atom is 0.0516 e. The third-order valence-corrected chi connectivity index (χ3v) is 1.76. The van der Waals surface area contributed by atoms with E-state index >= 15 is 0 Å². The van der Waals surface area contributed by atoms with Crippen LogP contribution in [0.15, 0.2) is 35.6 Å². The summed E-state index contributed by atoms with van der Waals surface area (Å²) in [7, 11) is 0. The maximum absolute atomic E-state index is 9.75. The van der Waals surface area contributed by atoms with Crippen LogP contribution in [0.4, 0.5) is 0 Å². The van der Waals surface area contributed by atoms with Crippen LogP contribution in [-0.2, 0) is 6.42 Å². The predicted octanol–water partition coefficient (Wildman–Crippen LogP) is 0.827. The van der Waals surface area contributed by atoms with Gasteiger partial charge in [0.15, 0.2) is 0 Å². The van der Waals surface area contributed by atoms with Gasteiger partial charge in [0.05, 0.1) is 6.54 Å². The second-order valence-electron chi connectivity index (χ2n) is 2.90. The van der Waals surface area contributed by atoms with Gasteiger partial charge in [0.2, 0.25) is 0 Å². The van der Waals surface area contributed by atoms with Crippen molar-refractivity contribution in [1.82, 2.24) is 5.43 Å². The molecule has 0 aromatic heterocycles. The smallest absolute Gasteiger partial charge is 0.0516 e. The molecule has 1 aromatic rings. The molecule has 13 heavy (non-hydrogen) atoms. The van der Waals surface area contributed by atoms with Gasteiger partial charge in [-0.2, -0.15) is 0 Å². The van der Waals surface area contributed by atoms with E-state index < -0.39 is 0 Å². The van der Waals surface area contributed by atoms with E-state index in [0.29, 0.717) is 6.54 Å². The Bertz CT molecular complexity index is 250. The van der Waals surface area contributed by atoms with Crippen LogP contribution >= 0.6 is 0 Å². The molecule has 0 bridgehead atoms. The Morgan fingerprint density at radius 3 is 2.69 bits per heavy atom. The minimum Gasteiger partial charge on any atom is -0.326 e. The second-order valence-corrected chi connectivity index (χ2v) is 2.90. The van der Waals surface area contributed by atoms with Crippen molar-refractivity contribution in [2.75, 3.05) is 6.54 Å². The van der Waals surface area contributed by atoms with Crippen LogP contribution in [0.5, 0.6) is 0 Å². The lowest BCUT2D eigenvalue weighted by molar-refractivity contribution is 0.589. The molecule has 70 valence electrons. The summed E-state index contributed by atoms with van der Waals surface area (Å²) in [5.74, 6) is 0. The van der Waals surface area contributed by atoms with Gasteiger partial charge < -0.3 is 5.73 Å². The van der Waals surface area contributed by atoms with Crippen molar-refractivity contribution < 1.29 is 0 Å². The van der Waals surface area contributed by atoms with E-state index in [0.717, 1.165) is 6.42 Å². The predicted molar refractivity (Wildman–Crippen MR) is 51.9 cm³/mol. The van der Waals surface area contributed by atoms with Crippen molar-refractivity contribution in [3.8, 4) is 0 Å². The quantitative estimate of drug-likeness (QED) is 0.519. The number of nitrogens with one attached hydrogen (secondary N) is 1. The third-order valence-electron chi connectivity index (χ3n) is 1.76. The van der Waals surface area contributed by atoms with Crippen molar-refractivity contribution >= 4 is 0 Å². The highest BCUT2D eigenvalue weighted by Crippen LogP contribution is 2.00. The molecule has 0 aliphatic carbocycles. The summed E-state index contributed by atoms with van der Waals surface area (Å²) in [5.41, 5.74) is 9.21. The topological polar surface area (TPSA) is 67.5 Å². The van der Waals surface area contributed by atoms with E-state index in [1.54, 1.807) is 0 Å². The van der Waals surface area contributed by atoms with E-state index in [9.17, 15) is 4.91 Å². The standard InChI is InChI=1S/C9H13N3O/c10-9(7-11-12-13)6-8-4-2-1-3-5-8/h1-5,9H,6-7,10H2,(H,11,13)/t9-/m1/s1. The SMILES string of the molecule is N[C@@H](CNN=O)Cc1ccccc1. The molecular formula is C9H13N3O. The number of hydrogen-bond acceptors (Lipinski definition) is 3. The molecule has 3 N–H and O–H groups in total. The molecule has 0 fully saturated rings. The number of nitrogens with zero attached hydrogens (tertiary/aromatic N) is 1. The molecule has 0 heterocycles. The lowest BCUT2D eigenvalue weighted by atomic mass is 10.1. The summed E-state index contributed by atoms with van der Waals surface area (Å²) >= 11 is 0. The van der Waals surface area contributed by atoms with E-state index in [2.05, 4.69) is 10.7 Å². The largest absolute Gasteiger partial charge is 0.326 e. The van der Waals surface area contributed by atoms with Gasteiger partial charge in [-0.1, -0.05) is 30.3 Å². The number of nitrogens with two attached hydrogens (primary N) is 1. The van der Waals surface area contributed by atoms with Crippen molar-refractivity contribution in [3.05, 3.63) is 40.8 Å². The average Bonchev–Trinajstić information content (AvgIpc) is 2.16. The summed E-state index contributed by atoms with van der Waals surface area (Å²) in [5, 5.41) is 2.54. The lowest BCUT2D eigenvalue weighted by Gasteiger charge is -2.09. The highest BCUT2D eigenvalue weighted by Gasteiger charge is 2.02. The molecule has 0 amide bonds. The number of nitroso groups, excluding NO2 is 1. The Kier molecular flexibility index (Phi) is 3.92. The second kappa shape index (κ2) is 5.27. The van der Waals surface area contributed by atoms with Crippen molar-refractivity contribution in [2.45, 2.75) is 12.5 Å². The zero-order chi connectivity index (χ0) is 9.52. The summed E-state index contributed by atoms with van der Waals surface area (Å²) < 4.78 is 0. The van der Waals surface area contributed by atoms with Crippen LogP contribution in [0.2, 0.25) is 0 Å². The van der Waals surface area contributed by atoms with Gasteiger partial charge in [0, 0.05) is 11.3 Å². The van der Waals surface area contributed by atoms with Crippen molar-refractivity contribution in [2.24, 2.45) is 11.0 Å². The normalized spacial score (nSPS) is 12.1. The Morgan fingerprint density at radius 1 is 1.38 bits per heavy atom. The van der Waals surface area contributed by atoms with E-state index in [4.69, 9.17) is 5.73 Å². The molecule has 0 saturated heterocycles. The molecule has 0 aliphatic rings. The Balaban J connectivity index is 2.36. The Hall–Kier alpha value is -1.42. The monoisotopic (exact) mass is 179 g/mol. The fraction of sp³-hybridized carbons (Fsp3) is 0.333. The first-order valence-electron chi connectivity index (χ1n) is 4.17. The van der Waals surface area contributed by atoms with Gasteiger partial charge >= 0.3 is 0 Å². The van der Waals surface area contributed by atoms with Crippen LogP contribution in [0, 0.1) is 4.91 Å². The molecular weight excluding hydrogens is 166 g/mol. The maximum atomic E-state index is 9.75. The van der Waals surface area contributed by atoms with Gasteiger partial charge in [-0.05, 0) is 12.0 Å². The first-order chi connectivity index (χ1) is 6.33. The summed E-state index contributed by atoms with van der Waals surface area (Å²) in [6, 6.07) is 9.84. The van der Waals surface area contributed by atoms with Crippen LogP contribution in [0.3, 0.4) is 0 Å². The minimum absolute atomic E-state index is 0.0694. The fourth-order valence-corrected chi connectivity index (χ4v) is 1.14. The Morgan fingerprint density at radius 2 is 2.08 bits per heavy atom. The van der Waals surface area contributed by atoms with Crippen LogP contribution < -0.4 is 11.2 Å². The van der Waals surface area contributed by atoms with Gasteiger partial charge in [-0.25, -0.2) is 0 Å². The van der Waals surface area contributed by atoms with E-state index in [1.807, 2.05) is 30.3 Å². The first-order valence-corrected chi connectivity index (χ1v) is 4.17. The summed E-state index contributed by atoms with van der Waals surface area (Å²) in [6.07, 6.45) is 0.753. The van der Waals surface area contributed by atoms with Gasteiger partial charge in [0.25, 0.3) is 0 Å². The van der Waals surface area contributed by atoms with Crippen molar-refractivity contribution in [1.29, 1.82) is 0 Å². The zero-order valence-electron chi connectivity index (χ0n) is 7.31. The molecule has 0 spiro atoms. The molecule has 4 heteroatoms. The Labute approximate surface area is 77.1 Å². The molecule has 1 aromatic carbocycles. The molecule has 0 unspecified atom stereocenters. The number of rotatable bonds is 5. The van der Waals surface area contributed by atoms with Gasteiger partial charge in [-0.15, -0.1) is 4.91 Å². The molecule has 1 rings (SSSR count). The highest BCUT2D eigenvalue weighted by atomic mass is 16.3. The van der Waals surface area contributed by atoms with Gasteiger partial charge in [0.1, 0.15) is 0 Å². The first kappa shape index (κ1) is 9.67.